The maximum Gasteiger partial charge on any atom is 0.270 e. The van der Waals surface area contributed by atoms with Crippen molar-refractivity contribution in [3.63, 3.8) is 0 Å². The number of anilines is 1. The van der Waals surface area contributed by atoms with Crippen LogP contribution in [-0.4, -0.2) is 45.1 Å². The van der Waals surface area contributed by atoms with Crippen LogP contribution >= 0.6 is 0 Å². The number of nitrogen functional groups attached to an aromatic ring is 1. The second-order valence-electron chi connectivity index (χ2n) is 8.46. The zero-order chi connectivity index (χ0) is 27.5. The van der Waals surface area contributed by atoms with Crippen molar-refractivity contribution in [2.75, 3.05) is 5.73 Å². The number of nitrogens with two attached hydrogens (primary N) is 2. The Balaban J connectivity index is 0.000000198. The van der Waals surface area contributed by atoms with Crippen LogP contribution in [-0.2, 0) is 13.5 Å². The van der Waals surface area contributed by atoms with E-state index in [2.05, 4.69) is 37.2 Å². The largest absolute Gasteiger partial charge is 0.382 e. The summed E-state index contributed by atoms with van der Waals surface area (Å²) in [4.78, 5) is 28.7. The number of fused-ring (bicyclic) bond motifs is 2. The number of aryl methyl sites for hydroxylation is 2. The SMILES string of the molecule is CCc1nc2n[nH]c(C#Cc3cnn(C)c3)c2c(=O)n1-c1ccccc1.NC(=O)c1c(N)nn2ccccc12. The van der Waals surface area contributed by atoms with Gasteiger partial charge in [0.15, 0.2) is 11.5 Å². The van der Waals surface area contributed by atoms with Gasteiger partial charge in [0.05, 0.1) is 23.0 Å². The number of carbonyl (C=O) groups is 1. The molecule has 1 aromatic carbocycles. The van der Waals surface area contributed by atoms with Gasteiger partial charge in [0.25, 0.3) is 11.5 Å². The predicted molar refractivity (Wildman–Crippen MR) is 146 cm³/mol. The molecular formula is C27H24N10O2. The van der Waals surface area contributed by atoms with E-state index in [0.717, 1.165) is 11.3 Å². The summed E-state index contributed by atoms with van der Waals surface area (Å²) in [6.07, 6.45) is 5.80. The minimum atomic E-state index is -0.557. The topological polar surface area (TPSA) is 168 Å². The van der Waals surface area contributed by atoms with Crippen LogP contribution in [0.4, 0.5) is 5.82 Å². The highest BCUT2D eigenvalue weighted by atomic mass is 16.1. The first kappa shape index (κ1) is 25.0. The first-order valence-electron chi connectivity index (χ1n) is 12.0. The fourth-order valence-corrected chi connectivity index (χ4v) is 4.08. The Kier molecular flexibility index (Phi) is 6.63. The van der Waals surface area contributed by atoms with Gasteiger partial charge in [-0.15, -0.1) is 5.10 Å². The molecule has 0 spiro atoms. The Labute approximate surface area is 221 Å². The van der Waals surface area contributed by atoms with Crippen molar-refractivity contribution in [2.24, 2.45) is 12.8 Å². The third kappa shape index (κ3) is 4.84. The zero-order valence-corrected chi connectivity index (χ0v) is 21.2. The number of primary amides is 1. The van der Waals surface area contributed by atoms with Crippen LogP contribution in [0.3, 0.4) is 0 Å². The molecule has 12 heteroatoms. The maximum absolute atomic E-state index is 13.2. The number of aromatic nitrogens is 8. The number of aromatic amines is 1. The summed E-state index contributed by atoms with van der Waals surface area (Å²) in [5.41, 5.74) is 13.8. The lowest BCUT2D eigenvalue weighted by Crippen LogP contribution is -2.23. The van der Waals surface area contributed by atoms with Crippen LogP contribution in [0.25, 0.3) is 22.2 Å². The third-order valence-corrected chi connectivity index (χ3v) is 5.84. The van der Waals surface area contributed by atoms with Crippen molar-refractivity contribution in [1.29, 1.82) is 0 Å². The summed E-state index contributed by atoms with van der Waals surface area (Å²) < 4.78 is 4.81. The zero-order valence-electron chi connectivity index (χ0n) is 21.2. The number of rotatable bonds is 3. The molecule has 6 rings (SSSR count). The molecule has 0 radical (unpaired) electrons. The number of nitrogens with one attached hydrogen (secondary N) is 1. The lowest BCUT2D eigenvalue weighted by atomic mass is 10.2. The van der Waals surface area contributed by atoms with Gasteiger partial charge >= 0.3 is 0 Å². The van der Waals surface area contributed by atoms with E-state index in [9.17, 15) is 9.59 Å². The molecule has 0 aliphatic heterocycles. The van der Waals surface area contributed by atoms with E-state index in [4.69, 9.17) is 11.5 Å². The highest BCUT2D eigenvalue weighted by molar-refractivity contribution is 6.04. The molecule has 0 bridgehead atoms. The number of hydrogen-bond donors (Lipinski definition) is 3. The predicted octanol–water partition coefficient (Wildman–Crippen LogP) is 1.82. The summed E-state index contributed by atoms with van der Waals surface area (Å²) in [6.45, 7) is 1.96. The smallest absolute Gasteiger partial charge is 0.270 e. The molecule has 0 aliphatic rings. The summed E-state index contributed by atoms with van der Waals surface area (Å²) in [5, 5.41) is 15.4. The maximum atomic E-state index is 13.2. The van der Waals surface area contributed by atoms with Crippen LogP contribution in [0.15, 0.2) is 71.9 Å². The number of pyridine rings is 1. The minimum Gasteiger partial charge on any atom is -0.382 e. The summed E-state index contributed by atoms with van der Waals surface area (Å²) in [6, 6.07) is 14.8. The summed E-state index contributed by atoms with van der Waals surface area (Å²) in [7, 11) is 1.82. The van der Waals surface area contributed by atoms with Gasteiger partial charge in [0, 0.05) is 25.9 Å². The van der Waals surface area contributed by atoms with Gasteiger partial charge in [-0.3, -0.25) is 23.9 Å². The van der Waals surface area contributed by atoms with Gasteiger partial charge < -0.3 is 11.5 Å². The Bertz CT molecular complexity index is 1930. The molecule has 0 aliphatic carbocycles. The number of para-hydroxylation sites is 1. The number of amides is 1. The Morgan fingerprint density at radius 2 is 1.87 bits per heavy atom. The van der Waals surface area contributed by atoms with E-state index in [0.29, 0.717) is 34.5 Å². The lowest BCUT2D eigenvalue weighted by Gasteiger charge is -2.10. The van der Waals surface area contributed by atoms with Crippen molar-refractivity contribution in [2.45, 2.75) is 13.3 Å². The molecule has 39 heavy (non-hydrogen) atoms. The Hall–Kier alpha value is -5.70. The van der Waals surface area contributed by atoms with Crippen LogP contribution < -0.4 is 17.0 Å². The Morgan fingerprint density at radius 1 is 1.10 bits per heavy atom. The summed E-state index contributed by atoms with van der Waals surface area (Å²) >= 11 is 0. The standard InChI is InChI=1S/C19H16N6O.C8H8N4O/c1-3-16-21-18-17(19(26)25(16)14-7-5-4-6-8-14)15(22-23-18)10-9-13-11-20-24(2)12-13;9-7-6(8(10)13)5-3-1-2-4-12(5)11-7/h4-8,11-12H,3H2,1-2H3,(H,22,23);1-4H,(H2,9,11)(H2,10,13). The van der Waals surface area contributed by atoms with Gasteiger partial charge in [-0.05, 0) is 30.2 Å². The number of nitrogens with zero attached hydrogens (tertiary/aromatic N) is 7. The molecule has 0 saturated heterocycles. The van der Waals surface area contributed by atoms with Gasteiger partial charge in [-0.25, -0.2) is 9.50 Å². The highest BCUT2D eigenvalue weighted by Gasteiger charge is 2.17. The number of H-pyrrole nitrogens is 1. The fourth-order valence-electron chi connectivity index (χ4n) is 4.08. The number of benzene rings is 1. The van der Waals surface area contributed by atoms with E-state index >= 15 is 0 Å². The van der Waals surface area contributed by atoms with Crippen LogP contribution in [0.1, 0.15) is 34.4 Å². The van der Waals surface area contributed by atoms with E-state index in [1.807, 2.05) is 44.3 Å². The van der Waals surface area contributed by atoms with Gasteiger partial charge in [-0.1, -0.05) is 37.1 Å². The second-order valence-corrected chi connectivity index (χ2v) is 8.46. The van der Waals surface area contributed by atoms with Crippen molar-refractivity contribution in [3.05, 3.63) is 100 Å². The van der Waals surface area contributed by atoms with Crippen molar-refractivity contribution in [3.8, 4) is 17.5 Å². The molecule has 0 saturated carbocycles. The monoisotopic (exact) mass is 520 g/mol. The quantitative estimate of drug-likeness (QED) is 0.299. The molecule has 194 valence electrons. The molecule has 0 unspecified atom stereocenters. The van der Waals surface area contributed by atoms with Crippen molar-refractivity contribution in [1.82, 2.24) is 39.1 Å². The first-order chi connectivity index (χ1) is 18.9. The molecule has 0 atom stereocenters. The van der Waals surface area contributed by atoms with E-state index < -0.39 is 5.91 Å². The molecule has 5 N–H and O–H groups in total. The third-order valence-electron chi connectivity index (χ3n) is 5.84. The van der Waals surface area contributed by atoms with E-state index in [1.54, 1.807) is 46.0 Å². The van der Waals surface area contributed by atoms with Crippen LogP contribution in [0.5, 0.6) is 0 Å². The Morgan fingerprint density at radius 3 is 2.56 bits per heavy atom. The number of hydrogen-bond acceptors (Lipinski definition) is 7. The minimum absolute atomic E-state index is 0.165. The molecular weight excluding hydrogens is 496 g/mol. The van der Waals surface area contributed by atoms with Crippen molar-refractivity contribution >= 4 is 28.3 Å². The molecule has 5 heterocycles. The first-order valence-corrected chi connectivity index (χ1v) is 12.0. The molecule has 5 aromatic heterocycles. The fraction of sp³-hybridized carbons (Fsp3) is 0.111. The molecule has 12 nitrogen and oxygen atoms in total. The molecule has 0 fully saturated rings. The second kappa shape index (κ2) is 10.3. The van der Waals surface area contributed by atoms with Crippen LogP contribution in [0, 0.1) is 11.8 Å². The average molecular weight is 521 g/mol. The normalized spacial score (nSPS) is 10.6. The van der Waals surface area contributed by atoms with Gasteiger partial charge in [0.2, 0.25) is 0 Å². The lowest BCUT2D eigenvalue weighted by molar-refractivity contribution is 0.100. The average Bonchev–Trinajstić information content (AvgIpc) is 3.63. The highest BCUT2D eigenvalue weighted by Crippen LogP contribution is 2.16. The summed E-state index contributed by atoms with van der Waals surface area (Å²) in [5.74, 6) is 6.24. The van der Waals surface area contributed by atoms with E-state index in [1.165, 1.54) is 4.52 Å². The molecule has 1 amide bonds. The number of carbonyl (C=O) groups excluding carboxylic acids is 1. The van der Waals surface area contributed by atoms with Crippen LogP contribution in [0.2, 0.25) is 0 Å². The molecule has 6 aromatic rings. The van der Waals surface area contributed by atoms with Gasteiger partial charge in [-0.2, -0.15) is 10.2 Å². The van der Waals surface area contributed by atoms with E-state index in [-0.39, 0.29) is 16.9 Å². The van der Waals surface area contributed by atoms with Gasteiger partial charge in [0.1, 0.15) is 22.5 Å². The van der Waals surface area contributed by atoms with Crippen molar-refractivity contribution < 1.29 is 4.79 Å².